The molecule has 3 heterocycles. The number of benzene rings is 1. The first-order chi connectivity index (χ1) is 14.1. The highest BCUT2D eigenvalue weighted by Crippen LogP contribution is 2.22. The molecule has 7 heteroatoms. The molecule has 2 aromatic rings. The number of hydrogen-bond acceptors (Lipinski definition) is 4. The lowest BCUT2D eigenvalue weighted by atomic mass is 9.95. The average Bonchev–Trinajstić information content (AvgIpc) is 3.05. The summed E-state index contributed by atoms with van der Waals surface area (Å²) >= 11 is 0. The van der Waals surface area contributed by atoms with Crippen LogP contribution in [-0.4, -0.2) is 57.3 Å². The van der Waals surface area contributed by atoms with Crippen molar-refractivity contribution >= 4 is 22.8 Å². The number of aromatic nitrogens is 2. The maximum Gasteiger partial charge on any atom is 0.269 e. The van der Waals surface area contributed by atoms with E-state index >= 15 is 0 Å². The molecule has 154 valence electrons. The van der Waals surface area contributed by atoms with Crippen molar-refractivity contribution in [3.05, 3.63) is 40.8 Å². The minimum atomic E-state index is -0.275. The zero-order chi connectivity index (χ0) is 20.2. The van der Waals surface area contributed by atoms with Gasteiger partial charge in [0, 0.05) is 32.1 Å². The van der Waals surface area contributed by atoms with Gasteiger partial charge in [0.05, 0.1) is 17.2 Å². The predicted octanol–water partition coefficient (Wildman–Crippen LogP) is 2.04. The molecular weight excluding hydrogens is 368 g/mol. The molecule has 0 saturated carbocycles. The van der Waals surface area contributed by atoms with Crippen LogP contribution >= 0.6 is 0 Å². The van der Waals surface area contributed by atoms with Crippen LogP contribution in [0.2, 0.25) is 0 Å². The Kier molecular flexibility index (Phi) is 5.92. The van der Waals surface area contributed by atoms with Gasteiger partial charge in [-0.3, -0.25) is 19.0 Å². The molecule has 2 aliphatic heterocycles. The summed E-state index contributed by atoms with van der Waals surface area (Å²) in [6.45, 7) is 2.89. The highest BCUT2D eigenvalue weighted by Gasteiger charge is 2.30. The van der Waals surface area contributed by atoms with E-state index in [-0.39, 0.29) is 29.8 Å². The maximum atomic E-state index is 12.8. The highest BCUT2D eigenvalue weighted by atomic mass is 16.2. The first-order valence-corrected chi connectivity index (χ1v) is 10.6. The van der Waals surface area contributed by atoms with Crippen molar-refractivity contribution in [2.75, 3.05) is 26.2 Å². The smallest absolute Gasteiger partial charge is 0.269 e. The number of carbonyl (C=O) groups excluding carboxylic acids is 2. The van der Waals surface area contributed by atoms with Gasteiger partial charge in [-0.1, -0.05) is 25.0 Å². The van der Waals surface area contributed by atoms with Crippen molar-refractivity contribution < 1.29 is 9.59 Å². The summed E-state index contributed by atoms with van der Waals surface area (Å²) in [6.07, 6.45) is 7.27. The predicted molar refractivity (Wildman–Crippen MR) is 110 cm³/mol. The third-order valence-electron chi connectivity index (χ3n) is 6.16. The number of likely N-dealkylation sites (tertiary alicyclic amines) is 2. The van der Waals surface area contributed by atoms with Crippen molar-refractivity contribution in [1.82, 2.24) is 19.4 Å². The van der Waals surface area contributed by atoms with Crippen LogP contribution in [0, 0.1) is 5.92 Å². The van der Waals surface area contributed by atoms with E-state index in [9.17, 15) is 14.4 Å². The van der Waals surface area contributed by atoms with E-state index in [4.69, 9.17) is 0 Å². The number of rotatable bonds is 3. The Balaban J connectivity index is 1.38. The summed E-state index contributed by atoms with van der Waals surface area (Å²) in [5, 5.41) is 0. The van der Waals surface area contributed by atoms with Gasteiger partial charge >= 0.3 is 0 Å². The van der Waals surface area contributed by atoms with Gasteiger partial charge in [-0.05, 0) is 37.8 Å². The maximum absolute atomic E-state index is 12.8. The first kappa shape index (κ1) is 19.6. The van der Waals surface area contributed by atoms with E-state index < -0.39 is 0 Å². The quantitative estimate of drug-likeness (QED) is 0.796. The Bertz CT molecular complexity index is 938. The summed E-state index contributed by atoms with van der Waals surface area (Å²) in [6, 6.07) is 7.33. The van der Waals surface area contributed by atoms with Crippen molar-refractivity contribution in [1.29, 1.82) is 0 Å². The number of hydrogen-bond donors (Lipinski definition) is 0. The Morgan fingerprint density at radius 2 is 1.62 bits per heavy atom. The molecule has 1 aromatic carbocycles. The van der Waals surface area contributed by atoms with Gasteiger partial charge in [-0.2, -0.15) is 0 Å². The SMILES string of the molecule is O=C(Cn1c(=O)cnc2ccccc21)N1CCC(C(=O)N2CCCCCC2)CC1. The molecule has 1 aromatic heterocycles. The number of carbonyl (C=O) groups is 2. The molecule has 0 unspecified atom stereocenters. The Morgan fingerprint density at radius 3 is 2.34 bits per heavy atom. The minimum absolute atomic E-state index is 0.00655. The molecule has 29 heavy (non-hydrogen) atoms. The van der Waals surface area contributed by atoms with Gasteiger partial charge in [-0.25, -0.2) is 4.98 Å². The molecule has 0 N–H and O–H groups in total. The highest BCUT2D eigenvalue weighted by molar-refractivity contribution is 5.81. The Labute approximate surface area is 170 Å². The van der Waals surface area contributed by atoms with Crippen molar-refractivity contribution in [2.24, 2.45) is 5.92 Å². The fraction of sp³-hybridized carbons (Fsp3) is 0.545. The Hall–Kier alpha value is -2.70. The second-order valence-electron chi connectivity index (χ2n) is 8.07. The Morgan fingerprint density at radius 1 is 0.931 bits per heavy atom. The van der Waals surface area contributed by atoms with Crippen LogP contribution in [0.25, 0.3) is 11.0 Å². The summed E-state index contributed by atoms with van der Waals surface area (Å²) in [5.41, 5.74) is 1.09. The third-order valence-corrected chi connectivity index (χ3v) is 6.16. The molecule has 0 spiro atoms. The number of para-hydroxylation sites is 2. The van der Waals surface area contributed by atoms with Gasteiger partial charge in [-0.15, -0.1) is 0 Å². The molecule has 2 amide bonds. The number of piperidine rings is 1. The van der Waals surface area contributed by atoms with E-state index in [1.807, 2.05) is 29.2 Å². The second kappa shape index (κ2) is 8.76. The zero-order valence-electron chi connectivity index (χ0n) is 16.8. The van der Waals surface area contributed by atoms with E-state index in [0.717, 1.165) is 25.9 Å². The molecule has 2 saturated heterocycles. The largest absolute Gasteiger partial charge is 0.342 e. The normalized spacial score (nSPS) is 18.6. The number of fused-ring (bicyclic) bond motifs is 1. The van der Waals surface area contributed by atoms with Crippen molar-refractivity contribution in [3.63, 3.8) is 0 Å². The molecule has 0 bridgehead atoms. The van der Waals surface area contributed by atoms with Crippen LogP contribution in [0.1, 0.15) is 38.5 Å². The van der Waals surface area contributed by atoms with Crippen molar-refractivity contribution in [3.8, 4) is 0 Å². The van der Waals surface area contributed by atoms with Crippen LogP contribution in [0.3, 0.4) is 0 Å². The molecule has 7 nitrogen and oxygen atoms in total. The van der Waals surface area contributed by atoms with E-state index in [1.165, 1.54) is 23.6 Å². The number of nitrogens with zero attached hydrogens (tertiary/aromatic N) is 4. The van der Waals surface area contributed by atoms with Crippen molar-refractivity contribution in [2.45, 2.75) is 45.1 Å². The summed E-state index contributed by atoms with van der Waals surface area (Å²) in [7, 11) is 0. The molecule has 2 aliphatic rings. The summed E-state index contributed by atoms with van der Waals surface area (Å²) < 4.78 is 1.49. The summed E-state index contributed by atoms with van der Waals surface area (Å²) in [5.74, 6) is 0.195. The molecule has 0 atom stereocenters. The zero-order valence-corrected chi connectivity index (χ0v) is 16.8. The van der Waals surface area contributed by atoms with Gasteiger partial charge < -0.3 is 9.80 Å². The molecule has 2 fully saturated rings. The summed E-state index contributed by atoms with van der Waals surface area (Å²) in [4.78, 5) is 45.9. The van der Waals surface area contributed by atoms with E-state index in [2.05, 4.69) is 4.98 Å². The fourth-order valence-corrected chi connectivity index (χ4v) is 4.44. The lowest BCUT2D eigenvalue weighted by Gasteiger charge is -2.34. The number of amides is 2. The lowest BCUT2D eigenvalue weighted by Crippen LogP contribution is -2.46. The van der Waals surface area contributed by atoms with Crippen LogP contribution < -0.4 is 5.56 Å². The van der Waals surface area contributed by atoms with Gasteiger partial charge in [0.2, 0.25) is 11.8 Å². The third kappa shape index (κ3) is 4.33. The topological polar surface area (TPSA) is 75.5 Å². The standard InChI is InChI=1S/C22H28N4O3/c27-20-15-23-18-7-3-4-8-19(18)26(20)16-21(28)24-13-9-17(10-14-24)22(29)25-11-5-1-2-6-12-25/h3-4,7-8,15,17H,1-2,5-6,9-14,16H2. The van der Waals surface area contributed by atoms with Gasteiger partial charge in [0.1, 0.15) is 6.54 Å². The second-order valence-corrected chi connectivity index (χ2v) is 8.07. The van der Waals surface area contributed by atoms with Crippen LogP contribution in [-0.2, 0) is 16.1 Å². The van der Waals surface area contributed by atoms with Crippen LogP contribution in [0.15, 0.2) is 35.3 Å². The minimum Gasteiger partial charge on any atom is -0.342 e. The van der Waals surface area contributed by atoms with Gasteiger partial charge in [0.25, 0.3) is 5.56 Å². The average molecular weight is 396 g/mol. The van der Waals surface area contributed by atoms with E-state index in [0.29, 0.717) is 37.0 Å². The molecule has 0 radical (unpaired) electrons. The molecule has 4 rings (SSSR count). The lowest BCUT2D eigenvalue weighted by molar-refractivity contribution is -0.141. The van der Waals surface area contributed by atoms with E-state index in [1.54, 1.807) is 4.90 Å². The first-order valence-electron chi connectivity index (χ1n) is 10.6. The molecular formula is C22H28N4O3. The molecule has 0 aliphatic carbocycles. The van der Waals surface area contributed by atoms with Crippen LogP contribution in [0.5, 0.6) is 0 Å². The monoisotopic (exact) mass is 396 g/mol. The van der Waals surface area contributed by atoms with Crippen LogP contribution in [0.4, 0.5) is 0 Å². The van der Waals surface area contributed by atoms with Gasteiger partial charge in [0.15, 0.2) is 0 Å². The fourth-order valence-electron chi connectivity index (χ4n) is 4.44.